The number of nitrogens with two attached hydrogens (primary N) is 1. The van der Waals surface area contributed by atoms with E-state index in [9.17, 15) is 4.79 Å². The van der Waals surface area contributed by atoms with Gasteiger partial charge in [-0.05, 0) is 25.5 Å². The molecule has 1 aromatic rings. The van der Waals surface area contributed by atoms with E-state index in [-0.39, 0.29) is 5.91 Å². The number of carbonyl (C=O) groups excluding carboxylic acids is 1. The zero-order chi connectivity index (χ0) is 11.8. The number of hydrogen-bond acceptors (Lipinski definition) is 3. The Bertz CT molecular complexity index is 322. The fourth-order valence-electron chi connectivity index (χ4n) is 1.49. The first-order chi connectivity index (χ1) is 7.74. The van der Waals surface area contributed by atoms with Crippen molar-refractivity contribution in [3.63, 3.8) is 0 Å². The standard InChI is InChI=1S/C11H20N4O/c1-15-10(6-9-14-15)5-8-13-11(16)4-2-3-7-12/h6,9H,2-5,7-8,12H2,1H3,(H,13,16). The van der Waals surface area contributed by atoms with E-state index in [2.05, 4.69) is 10.4 Å². The largest absolute Gasteiger partial charge is 0.356 e. The molecule has 3 N–H and O–H groups in total. The summed E-state index contributed by atoms with van der Waals surface area (Å²) < 4.78 is 1.82. The molecule has 0 aliphatic rings. The Morgan fingerprint density at radius 2 is 2.38 bits per heavy atom. The van der Waals surface area contributed by atoms with Gasteiger partial charge in [-0.25, -0.2) is 0 Å². The Morgan fingerprint density at radius 3 is 3.00 bits per heavy atom. The quantitative estimate of drug-likeness (QED) is 0.650. The lowest BCUT2D eigenvalue weighted by molar-refractivity contribution is -0.121. The Labute approximate surface area is 96.0 Å². The maximum absolute atomic E-state index is 11.4. The summed E-state index contributed by atoms with van der Waals surface area (Å²) in [6, 6.07) is 1.96. The first-order valence-electron chi connectivity index (χ1n) is 5.67. The van der Waals surface area contributed by atoms with Gasteiger partial charge in [0.1, 0.15) is 0 Å². The number of rotatable bonds is 7. The van der Waals surface area contributed by atoms with E-state index in [1.807, 2.05) is 17.8 Å². The highest BCUT2D eigenvalue weighted by atomic mass is 16.1. The van der Waals surface area contributed by atoms with Crippen molar-refractivity contribution in [1.29, 1.82) is 0 Å². The van der Waals surface area contributed by atoms with Gasteiger partial charge >= 0.3 is 0 Å². The predicted molar refractivity (Wildman–Crippen MR) is 62.8 cm³/mol. The summed E-state index contributed by atoms with van der Waals surface area (Å²) in [5.41, 5.74) is 6.48. The fraction of sp³-hybridized carbons (Fsp3) is 0.636. The molecule has 0 spiro atoms. The highest BCUT2D eigenvalue weighted by Gasteiger charge is 2.02. The van der Waals surface area contributed by atoms with Gasteiger partial charge in [0.15, 0.2) is 0 Å². The molecule has 1 amide bonds. The molecule has 90 valence electrons. The summed E-state index contributed by atoms with van der Waals surface area (Å²) in [6.45, 7) is 1.32. The Morgan fingerprint density at radius 1 is 1.56 bits per heavy atom. The van der Waals surface area contributed by atoms with Crippen molar-refractivity contribution in [3.8, 4) is 0 Å². The molecule has 1 heterocycles. The number of hydrogen-bond donors (Lipinski definition) is 2. The molecule has 0 aliphatic heterocycles. The topological polar surface area (TPSA) is 72.9 Å². The van der Waals surface area contributed by atoms with Gasteiger partial charge in [-0.15, -0.1) is 0 Å². The van der Waals surface area contributed by atoms with Crippen LogP contribution in [0.1, 0.15) is 25.0 Å². The summed E-state index contributed by atoms with van der Waals surface area (Å²) in [6.07, 6.45) is 4.93. The van der Waals surface area contributed by atoms with E-state index in [1.165, 1.54) is 0 Å². The molecule has 1 aromatic heterocycles. The summed E-state index contributed by atoms with van der Waals surface area (Å²) in [5, 5.41) is 6.95. The second kappa shape index (κ2) is 7.00. The van der Waals surface area contributed by atoms with Crippen LogP contribution in [0.4, 0.5) is 0 Å². The maximum Gasteiger partial charge on any atom is 0.220 e. The minimum absolute atomic E-state index is 0.107. The van der Waals surface area contributed by atoms with Gasteiger partial charge in [0.05, 0.1) is 0 Å². The third-order valence-electron chi connectivity index (χ3n) is 2.48. The minimum Gasteiger partial charge on any atom is -0.356 e. The second-order valence-corrected chi connectivity index (χ2v) is 3.79. The van der Waals surface area contributed by atoms with Crippen LogP contribution in [0, 0.1) is 0 Å². The molecule has 5 nitrogen and oxygen atoms in total. The summed E-state index contributed by atoms with van der Waals surface area (Å²) in [4.78, 5) is 11.4. The Hall–Kier alpha value is -1.36. The number of nitrogens with one attached hydrogen (secondary N) is 1. The van der Waals surface area contributed by atoms with Gasteiger partial charge in [0.25, 0.3) is 0 Å². The molecule has 0 aliphatic carbocycles. The molecule has 5 heteroatoms. The molecule has 1 rings (SSSR count). The van der Waals surface area contributed by atoms with Gasteiger partial charge in [-0.3, -0.25) is 9.48 Å². The molecule has 0 bridgehead atoms. The molecule has 16 heavy (non-hydrogen) atoms. The highest BCUT2D eigenvalue weighted by molar-refractivity contribution is 5.75. The maximum atomic E-state index is 11.4. The molecule has 0 saturated carbocycles. The van der Waals surface area contributed by atoms with Crippen LogP contribution in [0.15, 0.2) is 12.3 Å². The van der Waals surface area contributed by atoms with E-state index >= 15 is 0 Å². The van der Waals surface area contributed by atoms with Gasteiger partial charge < -0.3 is 11.1 Å². The smallest absolute Gasteiger partial charge is 0.220 e. The van der Waals surface area contributed by atoms with Gasteiger partial charge in [0.2, 0.25) is 5.91 Å². The minimum atomic E-state index is 0.107. The zero-order valence-electron chi connectivity index (χ0n) is 9.78. The Kier molecular flexibility index (Phi) is 5.56. The van der Waals surface area contributed by atoms with Gasteiger partial charge in [-0.1, -0.05) is 0 Å². The monoisotopic (exact) mass is 224 g/mol. The molecule has 0 radical (unpaired) electrons. The number of nitrogens with zero attached hydrogens (tertiary/aromatic N) is 2. The van der Waals surface area contributed by atoms with E-state index in [1.54, 1.807) is 6.20 Å². The number of aromatic nitrogens is 2. The van der Waals surface area contributed by atoms with Crippen LogP contribution < -0.4 is 11.1 Å². The van der Waals surface area contributed by atoms with E-state index < -0.39 is 0 Å². The molecule has 0 fully saturated rings. The van der Waals surface area contributed by atoms with Crippen LogP contribution in [0.5, 0.6) is 0 Å². The average molecular weight is 224 g/mol. The number of aryl methyl sites for hydroxylation is 1. The number of unbranched alkanes of at least 4 members (excludes halogenated alkanes) is 1. The fourth-order valence-corrected chi connectivity index (χ4v) is 1.49. The SMILES string of the molecule is Cn1nccc1CCNC(=O)CCCCN. The van der Waals surface area contributed by atoms with Crippen LogP contribution in [0.3, 0.4) is 0 Å². The lowest BCUT2D eigenvalue weighted by atomic mass is 10.2. The lowest BCUT2D eigenvalue weighted by Gasteiger charge is -2.05. The molecular formula is C11H20N4O. The van der Waals surface area contributed by atoms with Gasteiger partial charge in [0, 0.05) is 38.3 Å². The average Bonchev–Trinajstić information content (AvgIpc) is 2.65. The Balaban J connectivity index is 2.11. The van der Waals surface area contributed by atoms with Crippen molar-refractivity contribution in [1.82, 2.24) is 15.1 Å². The summed E-state index contributed by atoms with van der Waals surface area (Å²) in [7, 11) is 1.90. The summed E-state index contributed by atoms with van der Waals surface area (Å²) in [5.74, 6) is 0.107. The van der Waals surface area contributed by atoms with Crippen molar-refractivity contribution in [2.75, 3.05) is 13.1 Å². The predicted octanol–water partition coefficient (Wildman–Crippen LogP) is 0.208. The van der Waals surface area contributed by atoms with E-state index in [0.29, 0.717) is 19.5 Å². The molecule has 0 unspecified atom stereocenters. The normalized spacial score (nSPS) is 10.4. The van der Waals surface area contributed by atoms with Crippen molar-refractivity contribution >= 4 is 5.91 Å². The first-order valence-corrected chi connectivity index (χ1v) is 5.67. The van der Waals surface area contributed by atoms with Crippen molar-refractivity contribution < 1.29 is 4.79 Å². The van der Waals surface area contributed by atoms with Crippen LogP contribution in [0.2, 0.25) is 0 Å². The molecular weight excluding hydrogens is 204 g/mol. The molecule has 0 atom stereocenters. The highest BCUT2D eigenvalue weighted by Crippen LogP contribution is 1.97. The number of carbonyl (C=O) groups is 1. The van der Waals surface area contributed by atoms with Crippen LogP contribution in [0.25, 0.3) is 0 Å². The third kappa shape index (κ3) is 4.44. The van der Waals surface area contributed by atoms with Crippen molar-refractivity contribution in [2.24, 2.45) is 12.8 Å². The first kappa shape index (κ1) is 12.7. The van der Waals surface area contributed by atoms with Crippen molar-refractivity contribution in [2.45, 2.75) is 25.7 Å². The third-order valence-corrected chi connectivity index (χ3v) is 2.48. The zero-order valence-corrected chi connectivity index (χ0v) is 9.78. The van der Waals surface area contributed by atoms with Crippen LogP contribution in [-0.4, -0.2) is 28.8 Å². The van der Waals surface area contributed by atoms with E-state index in [4.69, 9.17) is 5.73 Å². The summed E-state index contributed by atoms with van der Waals surface area (Å²) >= 11 is 0. The van der Waals surface area contributed by atoms with Crippen LogP contribution in [-0.2, 0) is 18.3 Å². The van der Waals surface area contributed by atoms with Crippen molar-refractivity contribution in [3.05, 3.63) is 18.0 Å². The second-order valence-electron chi connectivity index (χ2n) is 3.79. The lowest BCUT2D eigenvalue weighted by Crippen LogP contribution is -2.26. The van der Waals surface area contributed by atoms with Gasteiger partial charge in [-0.2, -0.15) is 5.10 Å². The number of amides is 1. The molecule has 0 saturated heterocycles. The van der Waals surface area contributed by atoms with Crippen LogP contribution >= 0.6 is 0 Å². The molecule has 0 aromatic carbocycles. The van der Waals surface area contributed by atoms with E-state index in [0.717, 1.165) is 25.0 Å².